The maximum Gasteiger partial charge on any atom is 0.360 e. The van der Waals surface area contributed by atoms with Crippen LogP contribution in [0.15, 0.2) is 46.7 Å². The number of rotatable bonds is 8. The standard InChI is InChI=1S/C21H24ClFN2O4P2/c1-12-6-5-7-16(19(25-28-4)20(26)27-3)17(12)11-29-24-13(2)15-9-8-14(22)10-18(15)21(23,30)31/h5-10H,11,30-31H2,1-4H3/b24-13+,25-19+. The number of carbonyl (C=O) groups excluding carboxylic acids is 1. The molecule has 2 rings (SSSR count). The first-order valence-electron chi connectivity index (χ1n) is 9.12. The number of halogens is 2. The Balaban J connectivity index is 2.36. The van der Waals surface area contributed by atoms with Crippen molar-refractivity contribution in [2.45, 2.75) is 25.6 Å². The van der Waals surface area contributed by atoms with Crippen molar-refractivity contribution >= 4 is 47.5 Å². The predicted octanol–water partition coefficient (Wildman–Crippen LogP) is 4.94. The van der Waals surface area contributed by atoms with Gasteiger partial charge in [-0.2, -0.15) is 0 Å². The first kappa shape index (κ1) is 25.2. The number of benzene rings is 2. The summed E-state index contributed by atoms with van der Waals surface area (Å²) in [7, 11) is 6.84. The smallest absolute Gasteiger partial charge is 0.360 e. The molecule has 2 unspecified atom stereocenters. The molecule has 10 heteroatoms. The Morgan fingerprint density at radius 2 is 1.87 bits per heavy atom. The maximum absolute atomic E-state index is 14.6. The lowest BCUT2D eigenvalue weighted by Crippen LogP contribution is -2.20. The van der Waals surface area contributed by atoms with Gasteiger partial charge in [-0.25, -0.2) is 9.18 Å². The normalized spacial score (nSPS) is 12.5. The van der Waals surface area contributed by atoms with Crippen molar-refractivity contribution in [2.75, 3.05) is 14.2 Å². The van der Waals surface area contributed by atoms with Crippen LogP contribution in [-0.4, -0.2) is 31.6 Å². The summed E-state index contributed by atoms with van der Waals surface area (Å²) in [6, 6.07) is 10.3. The number of hydrogen-bond acceptors (Lipinski definition) is 6. The lowest BCUT2D eigenvalue weighted by molar-refractivity contribution is -0.132. The third-order valence-corrected chi connectivity index (χ3v) is 5.28. The number of esters is 1. The van der Waals surface area contributed by atoms with Crippen LogP contribution in [0, 0.1) is 6.92 Å². The zero-order chi connectivity index (χ0) is 23.2. The minimum absolute atomic E-state index is 0.0150. The quantitative estimate of drug-likeness (QED) is 0.230. The van der Waals surface area contributed by atoms with Crippen molar-refractivity contribution in [3.05, 3.63) is 69.2 Å². The van der Waals surface area contributed by atoms with E-state index in [0.29, 0.717) is 33.0 Å². The van der Waals surface area contributed by atoms with Crippen LogP contribution >= 0.6 is 30.1 Å². The molecule has 0 aliphatic rings. The molecule has 0 aromatic heterocycles. The molecule has 0 saturated heterocycles. The average Bonchev–Trinajstić information content (AvgIpc) is 2.72. The Morgan fingerprint density at radius 1 is 1.16 bits per heavy atom. The third kappa shape index (κ3) is 6.46. The second kappa shape index (κ2) is 11.0. The molecule has 0 bridgehead atoms. The number of aryl methyl sites for hydroxylation is 1. The van der Waals surface area contributed by atoms with Crippen molar-refractivity contribution in [1.29, 1.82) is 0 Å². The molecule has 0 amide bonds. The maximum atomic E-state index is 14.6. The van der Waals surface area contributed by atoms with Gasteiger partial charge in [-0.05, 0) is 31.5 Å². The third-order valence-electron chi connectivity index (χ3n) is 4.42. The molecule has 6 nitrogen and oxygen atoms in total. The summed E-state index contributed by atoms with van der Waals surface area (Å²) in [5.74, 6) is -0.639. The van der Waals surface area contributed by atoms with E-state index in [1.54, 1.807) is 37.3 Å². The first-order chi connectivity index (χ1) is 14.6. The van der Waals surface area contributed by atoms with Gasteiger partial charge in [0.25, 0.3) is 0 Å². The van der Waals surface area contributed by atoms with Crippen molar-refractivity contribution in [3.8, 4) is 0 Å². The molecule has 0 N–H and O–H groups in total. The molecule has 0 radical (unpaired) electrons. The van der Waals surface area contributed by atoms with E-state index >= 15 is 0 Å². The van der Waals surface area contributed by atoms with Crippen LogP contribution in [0.4, 0.5) is 4.39 Å². The van der Waals surface area contributed by atoms with Crippen LogP contribution in [0.2, 0.25) is 5.02 Å². The summed E-state index contributed by atoms with van der Waals surface area (Å²) in [5, 5.41) is 6.59. The van der Waals surface area contributed by atoms with Gasteiger partial charge in [0, 0.05) is 27.3 Å². The Hall–Kier alpha value is -2.07. The van der Waals surface area contributed by atoms with Crippen LogP contribution in [-0.2, 0) is 31.0 Å². The van der Waals surface area contributed by atoms with E-state index in [1.165, 1.54) is 14.2 Å². The molecule has 0 fully saturated rings. The number of oxime groups is 2. The lowest BCUT2D eigenvalue weighted by Gasteiger charge is -2.19. The predicted molar refractivity (Wildman–Crippen MR) is 127 cm³/mol. The zero-order valence-corrected chi connectivity index (χ0v) is 20.7. The summed E-state index contributed by atoms with van der Waals surface area (Å²) >= 11 is 6.02. The van der Waals surface area contributed by atoms with Gasteiger partial charge in [-0.1, -0.05) is 64.7 Å². The van der Waals surface area contributed by atoms with Crippen LogP contribution in [0.3, 0.4) is 0 Å². The van der Waals surface area contributed by atoms with Crippen LogP contribution < -0.4 is 0 Å². The van der Waals surface area contributed by atoms with Gasteiger partial charge in [0.2, 0.25) is 0 Å². The van der Waals surface area contributed by atoms with Gasteiger partial charge < -0.3 is 14.4 Å². The SMILES string of the molecule is CO/N=C(/C(=O)OC)c1cccc(C)c1CO/N=C(\C)c1ccc(Cl)cc1C(F)(P)P. The van der Waals surface area contributed by atoms with Gasteiger partial charge in [0.1, 0.15) is 13.7 Å². The average molecular weight is 485 g/mol. The summed E-state index contributed by atoms with van der Waals surface area (Å²) in [6.07, 6.45) is 0. The Labute approximate surface area is 190 Å². The fraction of sp³-hybridized carbons (Fsp3) is 0.286. The Bertz CT molecular complexity index is 1020. The summed E-state index contributed by atoms with van der Waals surface area (Å²) < 4.78 is 19.4. The highest BCUT2D eigenvalue weighted by Gasteiger charge is 2.25. The Kier molecular flexibility index (Phi) is 8.93. The zero-order valence-electron chi connectivity index (χ0n) is 17.6. The number of nitrogens with zero attached hydrogens (tertiary/aromatic N) is 2. The van der Waals surface area contributed by atoms with E-state index in [0.717, 1.165) is 5.56 Å². The highest BCUT2D eigenvalue weighted by Crippen LogP contribution is 2.42. The molecule has 0 saturated carbocycles. The van der Waals surface area contributed by atoms with Gasteiger partial charge >= 0.3 is 5.97 Å². The second-order valence-corrected chi connectivity index (χ2v) is 9.41. The Morgan fingerprint density at radius 3 is 2.48 bits per heavy atom. The number of methoxy groups -OCH3 is 1. The van der Waals surface area contributed by atoms with Crippen molar-refractivity contribution in [2.24, 2.45) is 10.3 Å². The number of alkyl halides is 1. The van der Waals surface area contributed by atoms with Gasteiger partial charge in [0.05, 0.1) is 12.8 Å². The van der Waals surface area contributed by atoms with E-state index in [2.05, 4.69) is 28.8 Å². The molecule has 0 spiro atoms. The van der Waals surface area contributed by atoms with Crippen molar-refractivity contribution < 1.29 is 23.6 Å². The molecule has 2 aromatic rings. The first-order valence-corrected chi connectivity index (χ1v) is 10.6. The largest absolute Gasteiger partial charge is 0.464 e. The molecule has 0 heterocycles. The summed E-state index contributed by atoms with van der Waals surface area (Å²) in [6.45, 7) is 3.63. The number of hydrogen-bond donors (Lipinski definition) is 0. The molecule has 0 aliphatic heterocycles. The summed E-state index contributed by atoms with van der Waals surface area (Å²) in [5.41, 5.74) is 3.44. The van der Waals surface area contributed by atoms with E-state index in [1.807, 2.05) is 13.0 Å². The number of carbonyl (C=O) groups is 1. The molecule has 0 aliphatic carbocycles. The topological polar surface area (TPSA) is 69.5 Å². The van der Waals surface area contributed by atoms with Crippen LogP contribution in [0.25, 0.3) is 0 Å². The molecule has 31 heavy (non-hydrogen) atoms. The minimum atomic E-state index is -1.77. The van der Waals surface area contributed by atoms with Crippen LogP contribution in [0.5, 0.6) is 0 Å². The second-order valence-electron chi connectivity index (χ2n) is 6.62. The van der Waals surface area contributed by atoms with Gasteiger partial charge in [-0.3, -0.25) is 0 Å². The molecule has 2 aromatic carbocycles. The fourth-order valence-corrected chi connectivity index (χ4v) is 3.54. The van der Waals surface area contributed by atoms with E-state index < -0.39 is 11.1 Å². The van der Waals surface area contributed by atoms with E-state index in [9.17, 15) is 9.18 Å². The van der Waals surface area contributed by atoms with Crippen molar-refractivity contribution in [3.63, 3.8) is 0 Å². The van der Waals surface area contributed by atoms with E-state index in [-0.39, 0.29) is 12.3 Å². The number of ether oxygens (including phenoxy) is 1. The fourth-order valence-electron chi connectivity index (χ4n) is 2.89. The molecule has 2 atom stereocenters. The molecular weight excluding hydrogens is 461 g/mol. The van der Waals surface area contributed by atoms with Gasteiger partial charge in [0.15, 0.2) is 10.9 Å². The van der Waals surface area contributed by atoms with E-state index in [4.69, 9.17) is 26.0 Å². The monoisotopic (exact) mass is 484 g/mol. The highest BCUT2D eigenvalue weighted by molar-refractivity contribution is 7.38. The highest BCUT2D eigenvalue weighted by atomic mass is 35.5. The lowest BCUT2D eigenvalue weighted by atomic mass is 9.99. The minimum Gasteiger partial charge on any atom is -0.464 e. The van der Waals surface area contributed by atoms with Crippen LogP contribution in [0.1, 0.15) is 34.7 Å². The summed E-state index contributed by atoms with van der Waals surface area (Å²) in [4.78, 5) is 22.5. The van der Waals surface area contributed by atoms with Gasteiger partial charge in [-0.15, -0.1) is 0 Å². The molecular formula is C21H24ClFN2O4P2. The molecule has 166 valence electrons. The van der Waals surface area contributed by atoms with Crippen molar-refractivity contribution in [1.82, 2.24) is 0 Å².